The Morgan fingerprint density at radius 1 is 1.17 bits per heavy atom. The van der Waals surface area contributed by atoms with Gasteiger partial charge in [0.15, 0.2) is 17.2 Å². The summed E-state index contributed by atoms with van der Waals surface area (Å²) in [6, 6.07) is 7.49. The summed E-state index contributed by atoms with van der Waals surface area (Å²) in [6.45, 7) is 3.16. The molecule has 1 aromatic carbocycles. The van der Waals surface area contributed by atoms with Gasteiger partial charge in [0.05, 0.1) is 13.2 Å². The maximum atomic E-state index is 9.08. The fourth-order valence-corrected chi connectivity index (χ4v) is 2.11. The van der Waals surface area contributed by atoms with Crippen LogP contribution in [0.1, 0.15) is 6.92 Å². The van der Waals surface area contributed by atoms with Gasteiger partial charge in [0.25, 0.3) is 0 Å². The maximum absolute atomic E-state index is 9.08. The first-order valence-corrected chi connectivity index (χ1v) is 6.07. The second-order valence-corrected chi connectivity index (χ2v) is 4.45. The van der Waals surface area contributed by atoms with E-state index in [1.54, 1.807) is 0 Å². The van der Waals surface area contributed by atoms with E-state index in [4.69, 9.17) is 19.7 Å². The Morgan fingerprint density at radius 2 is 1.78 bits per heavy atom. The van der Waals surface area contributed by atoms with Gasteiger partial charge >= 0.3 is 0 Å². The number of benzene rings is 1. The molecule has 0 spiro atoms. The molecule has 0 radical (unpaired) electrons. The highest BCUT2D eigenvalue weighted by Gasteiger charge is 2.38. The van der Waals surface area contributed by atoms with E-state index < -0.39 is 5.72 Å². The maximum Gasteiger partial charge on any atom is 0.195 e. The molecule has 0 saturated heterocycles. The lowest BCUT2D eigenvalue weighted by Crippen LogP contribution is -2.58. The molecule has 0 aliphatic carbocycles. The van der Waals surface area contributed by atoms with Crippen molar-refractivity contribution in [3.8, 4) is 11.5 Å². The molecule has 100 valence electrons. The fraction of sp³-hybridized carbons (Fsp3) is 0.538. The normalized spacial score (nSPS) is 22.2. The van der Waals surface area contributed by atoms with Crippen LogP contribution in [0.3, 0.4) is 0 Å². The van der Waals surface area contributed by atoms with Crippen molar-refractivity contribution in [2.45, 2.75) is 12.6 Å². The Bertz CT molecular complexity index is 392. The second kappa shape index (κ2) is 5.56. The Morgan fingerprint density at radius 3 is 2.39 bits per heavy atom. The fourth-order valence-electron chi connectivity index (χ4n) is 2.11. The van der Waals surface area contributed by atoms with Gasteiger partial charge in [0, 0.05) is 13.1 Å². The first kappa shape index (κ1) is 13.1. The van der Waals surface area contributed by atoms with Crippen molar-refractivity contribution in [1.82, 2.24) is 4.90 Å². The molecule has 1 aliphatic heterocycles. The number of nitrogens with zero attached hydrogens (tertiary/aromatic N) is 1. The minimum Gasteiger partial charge on any atom is -0.484 e. The van der Waals surface area contributed by atoms with Crippen molar-refractivity contribution >= 4 is 0 Å². The molecule has 1 unspecified atom stereocenters. The monoisotopic (exact) mass is 253 g/mol. The van der Waals surface area contributed by atoms with Crippen molar-refractivity contribution in [2.75, 3.05) is 32.9 Å². The van der Waals surface area contributed by atoms with E-state index >= 15 is 0 Å². The Kier molecular flexibility index (Phi) is 4.06. The minimum absolute atomic E-state index is 0.0145. The van der Waals surface area contributed by atoms with Crippen LogP contribution in [0.4, 0.5) is 0 Å². The molecule has 1 heterocycles. The van der Waals surface area contributed by atoms with Crippen molar-refractivity contribution in [3.05, 3.63) is 24.3 Å². The van der Waals surface area contributed by atoms with Crippen molar-refractivity contribution in [1.29, 1.82) is 0 Å². The zero-order valence-electron chi connectivity index (χ0n) is 10.5. The highest BCUT2D eigenvalue weighted by atomic mass is 16.6. The van der Waals surface area contributed by atoms with E-state index in [1.165, 1.54) is 0 Å². The van der Waals surface area contributed by atoms with Crippen LogP contribution in [-0.4, -0.2) is 53.7 Å². The molecule has 18 heavy (non-hydrogen) atoms. The van der Waals surface area contributed by atoms with Crippen molar-refractivity contribution < 1.29 is 19.7 Å². The lowest BCUT2D eigenvalue weighted by molar-refractivity contribution is -0.122. The molecule has 5 nitrogen and oxygen atoms in total. The summed E-state index contributed by atoms with van der Waals surface area (Å²) in [7, 11) is 0. The van der Waals surface area contributed by atoms with Gasteiger partial charge in [-0.2, -0.15) is 0 Å². The lowest BCUT2D eigenvalue weighted by atomic mass is 10.2. The van der Waals surface area contributed by atoms with Gasteiger partial charge in [0.2, 0.25) is 0 Å². The van der Waals surface area contributed by atoms with Crippen LogP contribution in [0.5, 0.6) is 11.5 Å². The van der Waals surface area contributed by atoms with E-state index in [1.807, 2.05) is 36.1 Å². The quantitative estimate of drug-likeness (QED) is 0.798. The van der Waals surface area contributed by atoms with Crippen molar-refractivity contribution in [2.24, 2.45) is 0 Å². The molecule has 1 atom stereocenters. The molecule has 5 heteroatoms. The zero-order valence-corrected chi connectivity index (χ0v) is 10.5. The highest BCUT2D eigenvalue weighted by molar-refractivity contribution is 5.41. The van der Waals surface area contributed by atoms with Crippen LogP contribution in [0.25, 0.3) is 0 Å². The van der Waals surface area contributed by atoms with Crippen LogP contribution in [-0.2, 0) is 0 Å². The number of aliphatic hydroxyl groups is 2. The first-order valence-electron chi connectivity index (χ1n) is 6.07. The number of fused-ring (bicyclic) bond motifs is 1. The smallest absolute Gasteiger partial charge is 0.195 e. The number of rotatable bonds is 5. The van der Waals surface area contributed by atoms with E-state index in [0.29, 0.717) is 25.4 Å². The Labute approximate surface area is 107 Å². The summed E-state index contributed by atoms with van der Waals surface area (Å²) >= 11 is 0. The third-order valence-electron chi connectivity index (χ3n) is 3.08. The van der Waals surface area contributed by atoms with E-state index in [2.05, 4.69) is 0 Å². The number of hydrogen-bond donors (Lipinski definition) is 2. The number of ether oxygens (including phenoxy) is 2. The van der Waals surface area contributed by atoms with Crippen LogP contribution in [0, 0.1) is 0 Å². The molecular weight excluding hydrogens is 234 g/mol. The first-order chi connectivity index (χ1) is 8.69. The molecule has 2 rings (SSSR count). The van der Waals surface area contributed by atoms with Gasteiger partial charge in [-0.25, -0.2) is 0 Å². The summed E-state index contributed by atoms with van der Waals surface area (Å²) in [6.07, 6.45) is 0. The van der Waals surface area contributed by atoms with Gasteiger partial charge < -0.3 is 19.7 Å². The van der Waals surface area contributed by atoms with Gasteiger partial charge in [-0.1, -0.05) is 12.1 Å². The van der Waals surface area contributed by atoms with Crippen molar-refractivity contribution in [3.63, 3.8) is 0 Å². The van der Waals surface area contributed by atoms with Gasteiger partial charge in [-0.05, 0) is 19.1 Å². The SMILES string of the molecule is CC1(N(CCO)CCO)COc2ccccc2O1. The Hall–Kier alpha value is -1.30. The summed E-state index contributed by atoms with van der Waals surface area (Å²) < 4.78 is 11.6. The molecular formula is C13H19NO4. The third-order valence-corrected chi connectivity index (χ3v) is 3.08. The summed E-state index contributed by atoms with van der Waals surface area (Å²) in [4.78, 5) is 1.88. The number of aliphatic hydroxyl groups excluding tert-OH is 2. The number of para-hydroxylation sites is 2. The summed E-state index contributed by atoms with van der Waals surface area (Å²) in [5.74, 6) is 1.41. The Balaban J connectivity index is 2.17. The van der Waals surface area contributed by atoms with Gasteiger partial charge in [0.1, 0.15) is 6.61 Å². The molecule has 1 aliphatic rings. The van der Waals surface area contributed by atoms with Crippen LogP contribution in [0.15, 0.2) is 24.3 Å². The van der Waals surface area contributed by atoms with Gasteiger partial charge in [-0.15, -0.1) is 0 Å². The second-order valence-electron chi connectivity index (χ2n) is 4.45. The zero-order chi connectivity index (χ0) is 13.0. The molecule has 0 aromatic heterocycles. The average molecular weight is 253 g/mol. The minimum atomic E-state index is -0.667. The van der Waals surface area contributed by atoms with Crippen LogP contribution < -0.4 is 9.47 Å². The summed E-state index contributed by atoms with van der Waals surface area (Å²) in [5.41, 5.74) is -0.667. The molecule has 1 aromatic rings. The largest absolute Gasteiger partial charge is 0.484 e. The standard InChI is InChI=1S/C13H19NO4/c1-13(14(6-8-15)7-9-16)10-17-11-4-2-3-5-12(11)18-13/h2-5,15-16H,6-10H2,1H3. The third kappa shape index (κ3) is 2.58. The number of hydrogen-bond acceptors (Lipinski definition) is 5. The molecule has 0 amide bonds. The lowest BCUT2D eigenvalue weighted by Gasteiger charge is -2.43. The van der Waals surface area contributed by atoms with E-state index in [0.717, 1.165) is 5.75 Å². The predicted octanol–water partition coefficient (Wildman–Crippen LogP) is 0.461. The van der Waals surface area contributed by atoms with Gasteiger partial charge in [-0.3, -0.25) is 4.90 Å². The molecule has 0 bridgehead atoms. The van der Waals surface area contributed by atoms with E-state index in [-0.39, 0.29) is 13.2 Å². The topological polar surface area (TPSA) is 62.2 Å². The van der Waals surface area contributed by atoms with E-state index in [9.17, 15) is 0 Å². The summed E-state index contributed by atoms with van der Waals surface area (Å²) in [5, 5.41) is 18.2. The van der Waals surface area contributed by atoms with Crippen LogP contribution in [0.2, 0.25) is 0 Å². The van der Waals surface area contributed by atoms with Crippen LogP contribution >= 0.6 is 0 Å². The molecule has 0 saturated carbocycles. The molecule has 2 N–H and O–H groups in total. The average Bonchev–Trinajstić information content (AvgIpc) is 2.38. The predicted molar refractivity (Wildman–Crippen MR) is 66.7 cm³/mol. The molecule has 0 fully saturated rings. The highest BCUT2D eigenvalue weighted by Crippen LogP contribution is 2.35.